The molecule has 0 bridgehead atoms. The van der Waals surface area contributed by atoms with E-state index in [0.29, 0.717) is 12.1 Å². The summed E-state index contributed by atoms with van der Waals surface area (Å²) in [5.74, 6) is -2.72. The lowest BCUT2D eigenvalue weighted by atomic mass is 10.0. The van der Waals surface area contributed by atoms with Gasteiger partial charge in [-0.15, -0.1) is 0 Å². The van der Waals surface area contributed by atoms with E-state index >= 15 is 0 Å². The van der Waals surface area contributed by atoms with Gasteiger partial charge < -0.3 is 5.32 Å². The van der Waals surface area contributed by atoms with Gasteiger partial charge in [-0.2, -0.15) is 13.2 Å². The van der Waals surface area contributed by atoms with Crippen LogP contribution in [0, 0.1) is 11.6 Å². The monoisotopic (exact) mass is 355 g/mol. The molecule has 2 aromatic carbocycles. The van der Waals surface area contributed by atoms with Gasteiger partial charge in [0, 0.05) is 17.7 Å². The Hall–Kier alpha value is -2.70. The summed E-state index contributed by atoms with van der Waals surface area (Å²) in [5, 5.41) is 2.25. The molecule has 0 spiro atoms. The van der Waals surface area contributed by atoms with Crippen molar-refractivity contribution in [3.05, 3.63) is 77.4 Å². The van der Waals surface area contributed by atoms with E-state index < -0.39 is 35.3 Å². The molecule has 0 radical (unpaired) electrons. The van der Waals surface area contributed by atoms with Gasteiger partial charge >= 0.3 is 6.18 Å². The van der Waals surface area contributed by atoms with E-state index in [1.165, 1.54) is 31.2 Å². The fourth-order valence-corrected chi connectivity index (χ4v) is 2.26. The first-order valence-electron chi connectivity index (χ1n) is 7.28. The van der Waals surface area contributed by atoms with E-state index in [2.05, 4.69) is 5.32 Å². The Balaban J connectivity index is 2.24. The molecule has 0 aliphatic rings. The molecule has 1 N–H and O–H groups in total. The molecular weight excluding hydrogens is 341 g/mol. The quantitative estimate of drug-likeness (QED) is 0.620. The molecule has 0 fully saturated rings. The second kappa shape index (κ2) is 7.46. The molecule has 0 saturated carbocycles. The Bertz CT molecular complexity index is 784. The molecule has 0 aromatic heterocycles. The zero-order valence-electron chi connectivity index (χ0n) is 13.1. The first kappa shape index (κ1) is 18.6. The SMILES string of the molecule is CC(NC(=O)/C=C(/c1ccccc1)C(F)(F)F)c1ccc(F)cc1F. The number of rotatable bonds is 4. The van der Waals surface area contributed by atoms with Crippen molar-refractivity contribution in [2.24, 2.45) is 0 Å². The van der Waals surface area contributed by atoms with Crippen molar-refractivity contribution < 1.29 is 26.7 Å². The molecule has 25 heavy (non-hydrogen) atoms. The molecule has 0 aliphatic heterocycles. The van der Waals surface area contributed by atoms with Crippen molar-refractivity contribution in [3.8, 4) is 0 Å². The van der Waals surface area contributed by atoms with Crippen LogP contribution < -0.4 is 5.32 Å². The van der Waals surface area contributed by atoms with Crippen molar-refractivity contribution in [2.45, 2.75) is 19.1 Å². The molecule has 1 amide bonds. The Morgan fingerprint density at radius 2 is 1.72 bits per heavy atom. The molecule has 7 heteroatoms. The van der Waals surface area contributed by atoms with Crippen molar-refractivity contribution in [1.29, 1.82) is 0 Å². The third-order valence-corrected chi connectivity index (χ3v) is 3.45. The number of hydrogen-bond donors (Lipinski definition) is 1. The van der Waals surface area contributed by atoms with Gasteiger partial charge in [0.25, 0.3) is 0 Å². The van der Waals surface area contributed by atoms with Gasteiger partial charge in [-0.25, -0.2) is 8.78 Å². The maximum absolute atomic E-state index is 13.7. The number of nitrogens with one attached hydrogen (secondary N) is 1. The Labute approximate surface area is 141 Å². The van der Waals surface area contributed by atoms with Crippen LogP contribution in [0.4, 0.5) is 22.0 Å². The minimum absolute atomic E-state index is 0.0311. The average Bonchev–Trinajstić information content (AvgIpc) is 2.52. The third-order valence-electron chi connectivity index (χ3n) is 3.45. The smallest absolute Gasteiger partial charge is 0.346 e. The molecule has 2 aromatic rings. The van der Waals surface area contributed by atoms with Crippen LogP contribution in [0.5, 0.6) is 0 Å². The highest BCUT2D eigenvalue weighted by molar-refractivity contribution is 5.96. The number of alkyl halides is 3. The van der Waals surface area contributed by atoms with E-state index in [1.54, 1.807) is 6.07 Å². The molecule has 132 valence electrons. The van der Waals surface area contributed by atoms with Crippen LogP contribution in [0.25, 0.3) is 5.57 Å². The summed E-state index contributed by atoms with van der Waals surface area (Å²) in [7, 11) is 0. The van der Waals surface area contributed by atoms with Crippen molar-refractivity contribution in [2.75, 3.05) is 0 Å². The van der Waals surface area contributed by atoms with Crippen molar-refractivity contribution in [1.82, 2.24) is 5.32 Å². The second-order valence-corrected chi connectivity index (χ2v) is 5.32. The lowest BCUT2D eigenvalue weighted by molar-refractivity contribution is -0.117. The fourth-order valence-electron chi connectivity index (χ4n) is 2.26. The molecule has 0 aliphatic carbocycles. The van der Waals surface area contributed by atoms with Crippen LogP contribution in [0.2, 0.25) is 0 Å². The number of amides is 1. The molecule has 1 atom stereocenters. The van der Waals surface area contributed by atoms with Gasteiger partial charge in [0.2, 0.25) is 5.91 Å². The van der Waals surface area contributed by atoms with Crippen molar-refractivity contribution in [3.63, 3.8) is 0 Å². The maximum Gasteiger partial charge on any atom is 0.417 e. The van der Waals surface area contributed by atoms with Crippen LogP contribution in [0.3, 0.4) is 0 Å². The molecular formula is C18H14F5NO. The van der Waals surface area contributed by atoms with Gasteiger partial charge in [0.15, 0.2) is 0 Å². The lowest BCUT2D eigenvalue weighted by Gasteiger charge is -2.16. The van der Waals surface area contributed by atoms with Gasteiger partial charge in [-0.1, -0.05) is 36.4 Å². The molecule has 2 rings (SSSR count). The topological polar surface area (TPSA) is 29.1 Å². The maximum atomic E-state index is 13.7. The van der Waals surface area contributed by atoms with Gasteiger partial charge in [0.1, 0.15) is 11.6 Å². The van der Waals surface area contributed by atoms with E-state index in [1.807, 2.05) is 0 Å². The third kappa shape index (κ3) is 4.89. The second-order valence-electron chi connectivity index (χ2n) is 5.32. The number of halogens is 5. The summed E-state index contributed by atoms with van der Waals surface area (Å²) in [6.07, 6.45) is -4.31. The highest BCUT2D eigenvalue weighted by atomic mass is 19.4. The first-order chi connectivity index (χ1) is 11.7. The fraction of sp³-hybridized carbons (Fsp3) is 0.167. The van der Waals surface area contributed by atoms with E-state index in [4.69, 9.17) is 0 Å². The van der Waals surface area contributed by atoms with Gasteiger partial charge in [0.05, 0.1) is 11.6 Å². The van der Waals surface area contributed by atoms with Crippen molar-refractivity contribution >= 4 is 11.5 Å². The zero-order valence-corrected chi connectivity index (χ0v) is 13.1. The van der Waals surface area contributed by atoms with Crippen LogP contribution in [-0.4, -0.2) is 12.1 Å². The Morgan fingerprint density at radius 1 is 1.08 bits per heavy atom. The van der Waals surface area contributed by atoms with Crippen LogP contribution in [-0.2, 0) is 4.79 Å². The minimum Gasteiger partial charge on any atom is -0.346 e. The predicted molar refractivity (Wildman–Crippen MR) is 83.4 cm³/mol. The Morgan fingerprint density at radius 3 is 2.28 bits per heavy atom. The predicted octanol–water partition coefficient (Wildman–Crippen LogP) is 4.79. The summed E-state index contributed by atoms with van der Waals surface area (Å²) in [5.41, 5.74) is -1.31. The van der Waals surface area contributed by atoms with E-state index in [9.17, 15) is 26.7 Å². The average molecular weight is 355 g/mol. The summed E-state index contributed by atoms with van der Waals surface area (Å²) >= 11 is 0. The van der Waals surface area contributed by atoms with Crippen LogP contribution in [0.15, 0.2) is 54.6 Å². The normalized spacial score (nSPS) is 13.4. The number of carbonyl (C=O) groups is 1. The number of benzene rings is 2. The summed E-state index contributed by atoms with van der Waals surface area (Å²) in [6.45, 7) is 1.39. The number of carbonyl (C=O) groups excluding carboxylic acids is 1. The minimum atomic E-state index is -4.73. The van der Waals surface area contributed by atoms with E-state index in [-0.39, 0.29) is 11.1 Å². The highest BCUT2D eigenvalue weighted by Gasteiger charge is 2.35. The highest BCUT2D eigenvalue weighted by Crippen LogP contribution is 2.33. The largest absolute Gasteiger partial charge is 0.417 e. The lowest BCUT2D eigenvalue weighted by Crippen LogP contribution is -2.27. The van der Waals surface area contributed by atoms with Crippen LogP contribution >= 0.6 is 0 Å². The number of hydrogen-bond acceptors (Lipinski definition) is 1. The standard InChI is InChI=1S/C18H14F5NO/c1-11(14-8-7-13(19)9-16(14)20)24-17(25)10-15(18(21,22)23)12-5-3-2-4-6-12/h2-11H,1H3,(H,24,25)/b15-10-. The first-order valence-corrected chi connectivity index (χ1v) is 7.28. The van der Waals surface area contributed by atoms with E-state index in [0.717, 1.165) is 12.1 Å². The summed E-state index contributed by atoms with van der Waals surface area (Å²) in [6, 6.07) is 8.69. The van der Waals surface area contributed by atoms with Gasteiger partial charge in [-0.3, -0.25) is 4.79 Å². The summed E-state index contributed by atoms with van der Waals surface area (Å²) in [4.78, 5) is 12.0. The molecule has 2 nitrogen and oxygen atoms in total. The van der Waals surface area contributed by atoms with Gasteiger partial charge in [-0.05, 0) is 18.6 Å². The molecule has 0 heterocycles. The Kier molecular flexibility index (Phi) is 5.56. The number of allylic oxidation sites excluding steroid dienone is 1. The summed E-state index contributed by atoms with van der Waals surface area (Å²) < 4.78 is 66.1. The molecule has 1 unspecified atom stereocenters. The van der Waals surface area contributed by atoms with Crippen LogP contribution in [0.1, 0.15) is 24.1 Å². The molecule has 0 saturated heterocycles. The zero-order chi connectivity index (χ0) is 18.6.